The number of fused-ring (bicyclic) bond motifs is 1. The fourth-order valence-corrected chi connectivity index (χ4v) is 3.74. The summed E-state index contributed by atoms with van der Waals surface area (Å²) in [6, 6.07) is 3.94. The summed E-state index contributed by atoms with van der Waals surface area (Å²) in [5, 5.41) is 0.0901. The Hall–Kier alpha value is -2.16. The SMILES string of the molecule is COc1cc(OC)c(Cl)c(-c2cc3cnc(Cl)cc3n(CC(F)(F)F)c2=O)c1Cl. The lowest BCUT2D eigenvalue weighted by Crippen LogP contribution is -2.29. The molecule has 0 saturated carbocycles. The van der Waals surface area contributed by atoms with Crippen molar-refractivity contribution in [1.29, 1.82) is 0 Å². The van der Waals surface area contributed by atoms with E-state index in [2.05, 4.69) is 4.98 Å². The topological polar surface area (TPSA) is 53.4 Å². The number of methoxy groups -OCH3 is 2. The van der Waals surface area contributed by atoms with Gasteiger partial charge in [0.05, 0.1) is 35.3 Å². The number of benzene rings is 1. The summed E-state index contributed by atoms with van der Waals surface area (Å²) in [5.74, 6) is 0.276. The van der Waals surface area contributed by atoms with Gasteiger partial charge in [0.15, 0.2) is 0 Å². The molecule has 0 fully saturated rings. The Bertz CT molecular complexity index is 1140. The fourth-order valence-electron chi connectivity index (χ4n) is 2.89. The smallest absolute Gasteiger partial charge is 0.406 e. The monoisotopic (exact) mass is 466 g/mol. The maximum absolute atomic E-state index is 13.2. The number of alkyl halides is 3. The molecule has 0 amide bonds. The Labute approximate surface area is 177 Å². The maximum Gasteiger partial charge on any atom is 0.406 e. The predicted octanol–water partition coefficient (Wildman–Crippen LogP) is 5.60. The van der Waals surface area contributed by atoms with E-state index in [1.54, 1.807) is 0 Å². The number of hydrogen-bond acceptors (Lipinski definition) is 4. The van der Waals surface area contributed by atoms with Crippen molar-refractivity contribution in [3.8, 4) is 22.6 Å². The molecule has 11 heteroatoms. The van der Waals surface area contributed by atoms with Gasteiger partial charge in [-0.3, -0.25) is 9.36 Å². The predicted molar refractivity (Wildman–Crippen MR) is 106 cm³/mol. The van der Waals surface area contributed by atoms with Crippen molar-refractivity contribution >= 4 is 45.7 Å². The first-order chi connectivity index (χ1) is 13.6. The minimum absolute atomic E-state index is 0.0118. The van der Waals surface area contributed by atoms with Gasteiger partial charge in [-0.15, -0.1) is 0 Å². The normalized spacial score (nSPS) is 11.7. The van der Waals surface area contributed by atoms with Crippen LogP contribution in [-0.2, 0) is 6.54 Å². The van der Waals surface area contributed by atoms with E-state index in [-0.39, 0.29) is 48.7 Å². The van der Waals surface area contributed by atoms with Crippen LogP contribution in [0.4, 0.5) is 13.2 Å². The highest BCUT2D eigenvalue weighted by Crippen LogP contribution is 2.45. The molecule has 0 saturated heterocycles. The van der Waals surface area contributed by atoms with Crippen molar-refractivity contribution in [3.63, 3.8) is 0 Å². The van der Waals surface area contributed by atoms with Crippen LogP contribution in [0.2, 0.25) is 15.2 Å². The van der Waals surface area contributed by atoms with Gasteiger partial charge >= 0.3 is 6.18 Å². The molecule has 0 aliphatic heterocycles. The molecule has 2 heterocycles. The summed E-state index contributed by atoms with van der Waals surface area (Å²) in [4.78, 5) is 17.0. The third-order valence-electron chi connectivity index (χ3n) is 4.13. The molecule has 0 atom stereocenters. The second-order valence-corrected chi connectivity index (χ2v) is 7.06. The average Bonchev–Trinajstić information content (AvgIpc) is 2.64. The Morgan fingerprint density at radius 2 is 1.62 bits per heavy atom. The van der Waals surface area contributed by atoms with Crippen molar-refractivity contribution in [3.05, 3.63) is 49.9 Å². The largest absolute Gasteiger partial charge is 0.495 e. The number of ether oxygens (including phenoxy) is 2. The Morgan fingerprint density at radius 3 is 2.14 bits per heavy atom. The first kappa shape index (κ1) is 21.5. The van der Waals surface area contributed by atoms with Crippen molar-refractivity contribution in [2.24, 2.45) is 0 Å². The fraction of sp³-hybridized carbons (Fsp3) is 0.222. The Kier molecular flexibility index (Phi) is 5.89. The highest BCUT2D eigenvalue weighted by atomic mass is 35.5. The average molecular weight is 468 g/mol. The first-order valence-corrected chi connectivity index (χ1v) is 9.07. The van der Waals surface area contributed by atoms with Gasteiger partial charge in [0.2, 0.25) is 0 Å². The van der Waals surface area contributed by atoms with Gasteiger partial charge in [-0.25, -0.2) is 4.98 Å². The van der Waals surface area contributed by atoms with Crippen LogP contribution in [0.25, 0.3) is 22.0 Å². The number of halogens is 6. The number of hydrogen-bond donors (Lipinski definition) is 0. The molecule has 0 bridgehead atoms. The summed E-state index contributed by atoms with van der Waals surface area (Å²) >= 11 is 18.5. The third kappa shape index (κ3) is 4.10. The van der Waals surface area contributed by atoms with E-state index in [1.165, 1.54) is 38.6 Å². The highest BCUT2D eigenvalue weighted by Gasteiger charge is 2.31. The molecule has 0 N–H and O–H groups in total. The van der Waals surface area contributed by atoms with Crippen molar-refractivity contribution in [2.75, 3.05) is 14.2 Å². The van der Waals surface area contributed by atoms with E-state index in [0.29, 0.717) is 4.57 Å². The molecular weight excluding hydrogens is 456 g/mol. The van der Waals surface area contributed by atoms with Gasteiger partial charge in [0.25, 0.3) is 5.56 Å². The van der Waals surface area contributed by atoms with Crippen LogP contribution >= 0.6 is 34.8 Å². The summed E-state index contributed by atoms with van der Waals surface area (Å²) in [6.07, 6.45) is -3.41. The van der Waals surface area contributed by atoms with Crippen LogP contribution in [0.1, 0.15) is 0 Å². The molecular formula is C18H12Cl3F3N2O3. The lowest BCUT2D eigenvalue weighted by atomic mass is 10.0. The number of pyridine rings is 2. The van der Waals surface area contributed by atoms with Gasteiger partial charge in [-0.2, -0.15) is 13.2 Å². The molecule has 3 rings (SSSR count). The van der Waals surface area contributed by atoms with Crippen LogP contribution in [-0.4, -0.2) is 29.9 Å². The van der Waals surface area contributed by atoms with Gasteiger partial charge < -0.3 is 9.47 Å². The molecule has 154 valence electrons. The molecule has 2 aromatic heterocycles. The molecule has 0 unspecified atom stereocenters. The molecule has 1 aromatic carbocycles. The molecule has 0 spiro atoms. The molecule has 0 aliphatic rings. The van der Waals surface area contributed by atoms with Crippen LogP contribution in [0.5, 0.6) is 11.5 Å². The second-order valence-electron chi connectivity index (χ2n) is 5.91. The number of aromatic nitrogens is 2. The Balaban J connectivity index is 2.45. The number of rotatable bonds is 4. The summed E-state index contributed by atoms with van der Waals surface area (Å²) < 4.78 is 50.4. The summed E-state index contributed by atoms with van der Waals surface area (Å²) in [7, 11) is 2.68. The molecule has 5 nitrogen and oxygen atoms in total. The first-order valence-electron chi connectivity index (χ1n) is 7.93. The van der Waals surface area contributed by atoms with E-state index in [0.717, 1.165) is 0 Å². The zero-order valence-corrected chi connectivity index (χ0v) is 17.2. The van der Waals surface area contributed by atoms with Gasteiger partial charge in [-0.05, 0) is 12.1 Å². The van der Waals surface area contributed by atoms with E-state index >= 15 is 0 Å². The minimum atomic E-state index is -4.66. The van der Waals surface area contributed by atoms with E-state index in [9.17, 15) is 18.0 Å². The minimum Gasteiger partial charge on any atom is -0.495 e. The van der Waals surface area contributed by atoms with Gasteiger partial charge in [0, 0.05) is 23.2 Å². The molecule has 29 heavy (non-hydrogen) atoms. The highest BCUT2D eigenvalue weighted by molar-refractivity contribution is 6.41. The van der Waals surface area contributed by atoms with Crippen molar-refractivity contribution in [2.45, 2.75) is 12.7 Å². The molecule has 0 aliphatic carbocycles. The van der Waals surface area contributed by atoms with E-state index in [1.807, 2.05) is 0 Å². The van der Waals surface area contributed by atoms with Crippen LogP contribution in [0.3, 0.4) is 0 Å². The van der Waals surface area contributed by atoms with Crippen LogP contribution < -0.4 is 15.0 Å². The molecule has 0 radical (unpaired) electrons. The lowest BCUT2D eigenvalue weighted by Gasteiger charge is -2.18. The zero-order valence-electron chi connectivity index (χ0n) is 14.9. The number of nitrogens with zero attached hydrogens (tertiary/aromatic N) is 2. The maximum atomic E-state index is 13.2. The standard InChI is InChI=1S/C18H12Cl3F3N2O3/c1-28-11-5-12(29-2)16(21)14(15(11)20)9-3-8-6-25-13(19)4-10(8)26(17(9)27)7-18(22,23)24/h3-6H,7H2,1-2H3. The zero-order chi connectivity index (χ0) is 21.5. The van der Waals surface area contributed by atoms with Gasteiger partial charge in [0.1, 0.15) is 23.2 Å². The van der Waals surface area contributed by atoms with E-state index < -0.39 is 18.3 Å². The Morgan fingerprint density at radius 1 is 1.03 bits per heavy atom. The van der Waals surface area contributed by atoms with Crippen LogP contribution in [0, 0.1) is 0 Å². The van der Waals surface area contributed by atoms with E-state index in [4.69, 9.17) is 44.3 Å². The molecule has 3 aromatic rings. The van der Waals surface area contributed by atoms with Crippen molar-refractivity contribution in [1.82, 2.24) is 9.55 Å². The third-order valence-corrected chi connectivity index (χ3v) is 5.08. The second kappa shape index (κ2) is 7.93. The summed E-state index contributed by atoms with van der Waals surface area (Å²) in [5.41, 5.74) is -1.17. The summed E-state index contributed by atoms with van der Waals surface area (Å²) in [6.45, 7) is -1.53. The quantitative estimate of drug-likeness (QED) is 0.469. The van der Waals surface area contributed by atoms with Crippen LogP contribution in [0.15, 0.2) is 29.2 Å². The lowest BCUT2D eigenvalue weighted by molar-refractivity contribution is -0.140. The van der Waals surface area contributed by atoms with Gasteiger partial charge in [-0.1, -0.05) is 34.8 Å². The van der Waals surface area contributed by atoms with Crippen molar-refractivity contribution < 1.29 is 22.6 Å².